The van der Waals surface area contributed by atoms with Crippen LogP contribution in [0.3, 0.4) is 0 Å². The predicted octanol–water partition coefficient (Wildman–Crippen LogP) is 2.13. The van der Waals surface area contributed by atoms with Gasteiger partial charge in [0.1, 0.15) is 0 Å². The van der Waals surface area contributed by atoms with E-state index >= 15 is 0 Å². The third-order valence-electron chi connectivity index (χ3n) is 3.57. The van der Waals surface area contributed by atoms with E-state index in [0.717, 1.165) is 5.56 Å². The first kappa shape index (κ1) is 18.9. The number of anilines is 1. The second-order valence-electron chi connectivity index (χ2n) is 5.58. The van der Waals surface area contributed by atoms with Gasteiger partial charge < -0.3 is 10.4 Å². The average Bonchev–Trinajstić information content (AvgIpc) is 2.61. The van der Waals surface area contributed by atoms with Gasteiger partial charge in [0, 0.05) is 22.8 Å². The molecular weight excluding hydrogens is 342 g/mol. The molecule has 0 aliphatic rings. The van der Waals surface area contributed by atoms with Crippen LogP contribution in [-0.4, -0.2) is 30.1 Å². The van der Waals surface area contributed by atoms with Crippen LogP contribution < -0.4 is 16.2 Å². The van der Waals surface area contributed by atoms with Crippen molar-refractivity contribution in [2.75, 3.05) is 18.5 Å². The highest BCUT2D eigenvalue weighted by Crippen LogP contribution is 2.14. The highest BCUT2D eigenvalue weighted by atomic mass is 35.5. The lowest BCUT2D eigenvalue weighted by molar-refractivity contribution is -0.120. The lowest BCUT2D eigenvalue weighted by Crippen LogP contribution is -2.44. The van der Waals surface area contributed by atoms with Crippen molar-refractivity contribution in [3.8, 4) is 0 Å². The summed E-state index contributed by atoms with van der Waals surface area (Å²) in [6, 6.07) is 13.8. The highest BCUT2D eigenvalue weighted by Gasteiger charge is 2.18. The number of hydrazine groups is 1. The largest absolute Gasteiger partial charge is 0.395 e. The molecule has 2 amide bonds. The molecule has 0 unspecified atom stereocenters. The summed E-state index contributed by atoms with van der Waals surface area (Å²) in [7, 11) is 0. The summed E-state index contributed by atoms with van der Waals surface area (Å²) in [6.07, 6.45) is 0. The molecule has 4 N–H and O–H groups in total. The Morgan fingerprint density at radius 2 is 1.72 bits per heavy atom. The number of benzene rings is 2. The number of rotatable bonds is 7. The van der Waals surface area contributed by atoms with E-state index in [9.17, 15) is 14.7 Å². The SMILES string of the molecule is Cc1ccc(C(=O)NNC[C@@H](CO)C(=O)Nc2ccc(Cl)cc2)cc1. The topological polar surface area (TPSA) is 90.5 Å². The van der Waals surface area contributed by atoms with Crippen LogP contribution in [0.15, 0.2) is 48.5 Å². The molecule has 1 atom stereocenters. The molecule has 7 heteroatoms. The third-order valence-corrected chi connectivity index (χ3v) is 3.82. The van der Waals surface area contributed by atoms with Gasteiger partial charge in [0.15, 0.2) is 0 Å². The molecule has 6 nitrogen and oxygen atoms in total. The molecule has 0 bridgehead atoms. The molecule has 0 aliphatic heterocycles. The first-order chi connectivity index (χ1) is 12.0. The summed E-state index contributed by atoms with van der Waals surface area (Å²) in [6.45, 7) is 1.67. The Morgan fingerprint density at radius 1 is 1.08 bits per heavy atom. The standard InChI is InChI=1S/C18H20ClN3O3/c1-12-2-4-13(5-3-12)18(25)22-20-10-14(11-23)17(24)21-16-8-6-15(19)7-9-16/h2-9,14,20,23H,10-11H2,1H3,(H,21,24)(H,22,25)/t14-/m0/s1. The van der Waals surface area contributed by atoms with Crippen molar-refractivity contribution >= 4 is 29.1 Å². The number of carbonyl (C=O) groups excluding carboxylic acids is 2. The number of hydrogen-bond donors (Lipinski definition) is 4. The van der Waals surface area contributed by atoms with Crippen molar-refractivity contribution in [2.24, 2.45) is 5.92 Å². The fraction of sp³-hybridized carbons (Fsp3) is 0.222. The molecule has 132 valence electrons. The van der Waals surface area contributed by atoms with Gasteiger partial charge >= 0.3 is 0 Å². The molecular formula is C18H20ClN3O3. The molecule has 0 heterocycles. The van der Waals surface area contributed by atoms with Crippen LogP contribution in [-0.2, 0) is 4.79 Å². The summed E-state index contributed by atoms with van der Waals surface area (Å²) < 4.78 is 0. The molecule has 0 spiro atoms. The summed E-state index contributed by atoms with van der Waals surface area (Å²) in [5.41, 5.74) is 7.34. The van der Waals surface area contributed by atoms with Crippen LogP contribution in [0.4, 0.5) is 5.69 Å². The number of amides is 2. The van der Waals surface area contributed by atoms with Crippen LogP contribution in [0.25, 0.3) is 0 Å². The molecule has 2 rings (SSSR count). The molecule has 0 aliphatic carbocycles. The highest BCUT2D eigenvalue weighted by molar-refractivity contribution is 6.30. The Balaban J connectivity index is 1.82. The zero-order valence-corrected chi connectivity index (χ0v) is 14.5. The average molecular weight is 362 g/mol. The molecule has 0 aromatic heterocycles. The Kier molecular flexibility index (Phi) is 6.94. The van der Waals surface area contributed by atoms with E-state index in [1.54, 1.807) is 36.4 Å². The maximum atomic E-state index is 12.2. The quantitative estimate of drug-likeness (QED) is 0.569. The van der Waals surface area contributed by atoms with Crippen molar-refractivity contribution in [1.29, 1.82) is 0 Å². The fourth-order valence-corrected chi connectivity index (χ4v) is 2.18. The fourth-order valence-electron chi connectivity index (χ4n) is 2.05. The lowest BCUT2D eigenvalue weighted by Gasteiger charge is -2.16. The molecule has 2 aromatic rings. The summed E-state index contributed by atoms with van der Waals surface area (Å²) in [4.78, 5) is 24.1. The predicted molar refractivity (Wildman–Crippen MR) is 97.3 cm³/mol. The summed E-state index contributed by atoms with van der Waals surface area (Å²) in [5.74, 6) is -1.38. The van der Waals surface area contributed by atoms with Crippen LogP contribution in [0, 0.1) is 12.8 Å². The van der Waals surface area contributed by atoms with E-state index in [4.69, 9.17) is 11.6 Å². The number of aliphatic hydroxyl groups excluding tert-OH is 1. The van der Waals surface area contributed by atoms with Crippen LogP contribution in [0.1, 0.15) is 15.9 Å². The lowest BCUT2D eigenvalue weighted by atomic mass is 10.1. The number of nitrogens with one attached hydrogen (secondary N) is 3. The zero-order valence-electron chi connectivity index (χ0n) is 13.8. The molecule has 25 heavy (non-hydrogen) atoms. The van der Waals surface area contributed by atoms with Gasteiger partial charge in [0.25, 0.3) is 5.91 Å². The number of aliphatic hydroxyl groups is 1. The number of carbonyl (C=O) groups is 2. The Labute approximate surface area is 151 Å². The van der Waals surface area contributed by atoms with Gasteiger partial charge in [-0.05, 0) is 43.3 Å². The minimum absolute atomic E-state index is 0.0908. The van der Waals surface area contributed by atoms with Gasteiger partial charge in [-0.1, -0.05) is 29.3 Å². The van der Waals surface area contributed by atoms with Gasteiger partial charge in [-0.15, -0.1) is 0 Å². The van der Waals surface area contributed by atoms with E-state index in [1.165, 1.54) is 0 Å². The monoisotopic (exact) mass is 361 g/mol. The Morgan fingerprint density at radius 3 is 2.32 bits per heavy atom. The van der Waals surface area contributed by atoms with E-state index in [-0.39, 0.29) is 25.0 Å². The van der Waals surface area contributed by atoms with Crippen LogP contribution in [0.2, 0.25) is 5.02 Å². The van der Waals surface area contributed by atoms with Crippen LogP contribution >= 0.6 is 11.6 Å². The van der Waals surface area contributed by atoms with Gasteiger partial charge in [-0.25, -0.2) is 5.43 Å². The van der Waals surface area contributed by atoms with Crippen molar-refractivity contribution < 1.29 is 14.7 Å². The van der Waals surface area contributed by atoms with E-state index in [1.807, 2.05) is 19.1 Å². The minimum Gasteiger partial charge on any atom is -0.395 e. The third kappa shape index (κ3) is 5.86. The molecule has 0 radical (unpaired) electrons. The van der Waals surface area contributed by atoms with E-state index < -0.39 is 5.92 Å². The van der Waals surface area contributed by atoms with Crippen molar-refractivity contribution in [2.45, 2.75) is 6.92 Å². The molecule has 0 saturated carbocycles. The minimum atomic E-state index is -0.714. The van der Waals surface area contributed by atoms with Crippen molar-refractivity contribution in [3.63, 3.8) is 0 Å². The zero-order chi connectivity index (χ0) is 18.2. The maximum Gasteiger partial charge on any atom is 0.265 e. The first-order valence-corrected chi connectivity index (χ1v) is 8.14. The van der Waals surface area contributed by atoms with E-state index in [0.29, 0.717) is 16.3 Å². The maximum absolute atomic E-state index is 12.2. The molecule has 0 fully saturated rings. The van der Waals surface area contributed by atoms with Gasteiger partial charge in [-0.2, -0.15) is 0 Å². The molecule has 0 saturated heterocycles. The number of hydrogen-bond acceptors (Lipinski definition) is 4. The van der Waals surface area contributed by atoms with Crippen molar-refractivity contribution in [1.82, 2.24) is 10.9 Å². The second kappa shape index (κ2) is 9.17. The van der Waals surface area contributed by atoms with Gasteiger partial charge in [0.05, 0.1) is 12.5 Å². The smallest absolute Gasteiger partial charge is 0.265 e. The summed E-state index contributed by atoms with van der Waals surface area (Å²) in [5, 5.41) is 12.6. The number of halogens is 1. The van der Waals surface area contributed by atoms with E-state index in [2.05, 4.69) is 16.2 Å². The van der Waals surface area contributed by atoms with Gasteiger partial charge in [-0.3, -0.25) is 15.0 Å². The molecule has 2 aromatic carbocycles. The van der Waals surface area contributed by atoms with Crippen molar-refractivity contribution in [3.05, 3.63) is 64.7 Å². The first-order valence-electron chi connectivity index (χ1n) is 7.76. The number of aryl methyl sites for hydroxylation is 1. The normalized spacial score (nSPS) is 11.6. The Hall–Kier alpha value is -2.41. The second-order valence-corrected chi connectivity index (χ2v) is 6.01. The van der Waals surface area contributed by atoms with Gasteiger partial charge in [0.2, 0.25) is 5.91 Å². The summed E-state index contributed by atoms with van der Waals surface area (Å²) >= 11 is 5.79. The Bertz CT molecular complexity index is 717. The van der Waals surface area contributed by atoms with Crippen LogP contribution in [0.5, 0.6) is 0 Å².